The van der Waals surface area contributed by atoms with Crippen molar-refractivity contribution < 1.29 is 27.1 Å². The van der Waals surface area contributed by atoms with Gasteiger partial charge in [-0.2, -0.15) is 8.78 Å². The Balaban J connectivity index is 1.55. The van der Waals surface area contributed by atoms with E-state index in [-0.39, 0.29) is 29.5 Å². The van der Waals surface area contributed by atoms with E-state index >= 15 is 0 Å². The first-order valence-electron chi connectivity index (χ1n) is 8.07. The van der Waals surface area contributed by atoms with Gasteiger partial charge in [-0.1, -0.05) is 23.9 Å². The number of alkyl halides is 2. The molecule has 0 atom stereocenters. The second-order valence-electron chi connectivity index (χ2n) is 5.89. The summed E-state index contributed by atoms with van der Waals surface area (Å²) in [7, 11) is 1.61. The Bertz CT molecular complexity index is 940. The molecule has 0 saturated heterocycles. The predicted octanol–water partition coefficient (Wildman–Crippen LogP) is 4.19. The number of thioether (sulfide) groups is 1. The van der Waals surface area contributed by atoms with Gasteiger partial charge in [-0.05, 0) is 17.7 Å². The monoisotopic (exact) mass is 413 g/mol. The van der Waals surface area contributed by atoms with E-state index in [1.807, 2.05) is 0 Å². The molecule has 0 bridgehead atoms. The second kappa shape index (κ2) is 8.51. The van der Waals surface area contributed by atoms with Crippen molar-refractivity contribution in [1.29, 1.82) is 0 Å². The Morgan fingerprint density at radius 3 is 2.57 bits per heavy atom. The lowest BCUT2D eigenvalue weighted by atomic mass is 10.2. The summed E-state index contributed by atoms with van der Waals surface area (Å²) in [5.41, 5.74) is 1.36. The van der Waals surface area contributed by atoms with Crippen LogP contribution in [-0.4, -0.2) is 40.2 Å². The summed E-state index contributed by atoms with van der Waals surface area (Å²) in [5.74, 6) is -2.06. The Labute approximate surface area is 161 Å². The molecule has 0 fully saturated rings. The molecule has 2 aromatic carbocycles. The number of hydrogen-bond acceptors (Lipinski definition) is 4. The third-order valence-corrected chi connectivity index (χ3v) is 4.69. The molecule has 1 heterocycles. The van der Waals surface area contributed by atoms with Gasteiger partial charge in [0.15, 0.2) is 16.8 Å². The molecule has 5 nitrogen and oxygen atoms in total. The highest BCUT2D eigenvalue weighted by molar-refractivity contribution is 7.99. The maximum absolute atomic E-state index is 13.2. The molecule has 0 radical (unpaired) electrons. The van der Waals surface area contributed by atoms with E-state index in [0.717, 1.165) is 29.5 Å². The molecule has 0 aliphatic carbocycles. The molecule has 0 saturated carbocycles. The topological polar surface area (TPSA) is 58.2 Å². The van der Waals surface area contributed by atoms with Crippen LogP contribution in [0.4, 0.5) is 17.6 Å². The average molecular weight is 413 g/mol. The lowest BCUT2D eigenvalue weighted by Crippen LogP contribution is -2.27. The van der Waals surface area contributed by atoms with Crippen molar-refractivity contribution in [1.82, 2.24) is 14.9 Å². The Morgan fingerprint density at radius 2 is 1.89 bits per heavy atom. The van der Waals surface area contributed by atoms with Crippen molar-refractivity contribution >= 4 is 28.7 Å². The molecule has 1 aromatic heterocycles. The first-order valence-corrected chi connectivity index (χ1v) is 9.05. The maximum atomic E-state index is 13.2. The van der Waals surface area contributed by atoms with Crippen LogP contribution in [0.15, 0.2) is 41.6 Å². The third-order valence-electron chi connectivity index (χ3n) is 3.83. The minimum absolute atomic E-state index is 0.0426. The highest BCUT2D eigenvalue weighted by Gasteiger charge is 2.13. The van der Waals surface area contributed by atoms with Gasteiger partial charge in [-0.3, -0.25) is 4.79 Å². The number of halogens is 4. The fraction of sp³-hybridized carbons (Fsp3) is 0.222. The summed E-state index contributed by atoms with van der Waals surface area (Å²) >= 11 is 1.11. The number of carbonyl (C=O) groups excluding carboxylic acids is 1. The zero-order valence-electron chi connectivity index (χ0n) is 14.6. The summed E-state index contributed by atoms with van der Waals surface area (Å²) in [6, 6.07) is 7.99. The van der Waals surface area contributed by atoms with Crippen LogP contribution in [0.1, 0.15) is 5.56 Å². The van der Waals surface area contributed by atoms with Gasteiger partial charge in [0, 0.05) is 25.7 Å². The van der Waals surface area contributed by atoms with Gasteiger partial charge in [-0.15, -0.1) is 0 Å². The molecule has 0 unspecified atom stereocenters. The van der Waals surface area contributed by atoms with Crippen molar-refractivity contribution in [2.75, 3.05) is 12.8 Å². The number of fused-ring (bicyclic) bond motifs is 1. The number of amides is 1. The average Bonchev–Trinajstić information content (AvgIpc) is 3.02. The largest absolute Gasteiger partial charge is 0.435 e. The van der Waals surface area contributed by atoms with E-state index < -0.39 is 18.2 Å². The Hall–Kier alpha value is -2.75. The van der Waals surface area contributed by atoms with Crippen molar-refractivity contribution in [3.05, 3.63) is 53.6 Å². The Morgan fingerprint density at radius 1 is 1.21 bits per heavy atom. The molecule has 0 spiro atoms. The standard InChI is InChI=1S/C18H15F4N3O2S/c1-25(8-10-2-4-11(5-3-10)27-17(21)22)16(26)9-28-18-23-14-6-12(19)13(20)7-15(14)24-18/h2-7,17H,8-9H2,1H3,(H,23,24). The van der Waals surface area contributed by atoms with Gasteiger partial charge in [0.1, 0.15) is 5.75 Å². The zero-order chi connectivity index (χ0) is 20.3. The van der Waals surface area contributed by atoms with E-state index in [9.17, 15) is 22.4 Å². The van der Waals surface area contributed by atoms with Crippen molar-refractivity contribution in [3.63, 3.8) is 0 Å². The van der Waals surface area contributed by atoms with E-state index in [1.54, 1.807) is 19.2 Å². The molecule has 1 N–H and O–H groups in total. The quantitative estimate of drug-likeness (QED) is 0.466. The molecular formula is C18H15F4N3O2S. The summed E-state index contributed by atoms with van der Waals surface area (Å²) in [5, 5.41) is 0.371. The molecule has 3 rings (SSSR count). The first-order chi connectivity index (χ1) is 13.3. The van der Waals surface area contributed by atoms with Gasteiger partial charge < -0.3 is 14.6 Å². The van der Waals surface area contributed by atoms with Crippen LogP contribution < -0.4 is 4.74 Å². The highest BCUT2D eigenvalue weighted by atomic mass is 32.2. The van der Waals surface area contributed by atoms with Crippen molar-refractivity contribution in [2.45, 2.75) is 18.3 Å². The molecular weight excluding hydrogens is 398 g/mol. The van der Waals surface area contributed by atoms with Crippen molar-refractivity contribution in [3.8, 4) is 5.75 Å². The number of rotatable bonds is 7. The third kappa shape index (κ3) is 4.94. The van der Waals surface area contributed by atoms with Crippen LogP contribution in [-0.2, 0) is 11.3 Å². The van der Waals surface area contributed by atoms with Crippen LogP contribution in [0.25, 0.3) is 11.0 Å². The first kappa shape index (κ1) is 20.0. The number of ether oxygens (including phenoxy) is 1. The summed E-state index contributed by atoms with van der Waals surface area (Å²) in [4.78, 5) is 20.7. The van der Waals surface area contributed by atoms with Gasteiger partial charge in [0.2, 0.25) is 5.91 Å². The second-order valence-corrected chi connectivity index (χ2v) is 6.85. The SMILES string of the molecule is CN(Cc1ccc(OC(F)F)cc1)C(=O)CSc1nc2cc(F)c(F)cc2[nH]1. The number of aromatic amines is 1. The van der Waals surface area contributed by atoms with Gasteiger partial charge in [0.25, 0.3) is 0 Å². The van der Waals surface area contributed by atoms with E-state index in [1.165, 1.54) is 17.0 Å². The van der Waals surface area contributed by atoms with Crippen LogP contribution in [0, 0.1) is 11.6 Å². The van der Waals surface area contributed by atoms with Gasteiger partial charge >= 0.3 is 6.61 Å². The Kier molecular flexibility index (Phi) is 6.08. The summed E-state index contributed by atoms with van der Waals surface area (Å²) < 4.78 is 55.0. The minimum atomic E-state index is -2.89. The zero-order valence-corrected chi connectivity index (χ0v) is 15.4. The molecule has 0 aliphatic rings. The fourth-order valence-corrected chi connectivity index (χ4v) is 3.25. The number of nitrogens with one attached hydrogen (secondary N) is 1. The molecule has 10 heteroatoms. The fourth-order valence-electron chi connectivity index (χ4n) is 2.43. The lowest BCUT2D eigenvalue weighted by molar-refractivity contribution is -0.127. The molecule has 28 heavy (non-hydrogen) atoms. The minimum Gasteiger partial charge on any atom is -0.435 e. The molecule has 1 amide bonds. The molecule has 0 aliphatic heterocycles. The van der Waals surface area contributed by atoms with Crippen LogP contribution in [0.3, 0.4) is 0 Å². The van der Waals surface area contributed by atoms with Crippen molar-refractivity contribution in [2.24, 2.45) is 0 Å². The number of benzene rings is 2. The van der Waals surface area contributed by atoms with Gasteiger partial charge in [-0.25, -0.2) is 13.8 Å². The maximum Gasteiger partial charge on any atom is 0.387 e. The predicted molar refractivity (Wildman–Crippen MR) is 96.3 cm³/mol. The number of nitrogens with zero attached hydrogens (tertiary/aromatic N) is 2. The van der Waals surface area contributed by atoms with E-state index in [0.29, 0.717) is 10.7 Å². The molecule has 3 aromatic rings. The van der Waals surface area contributed by atoms with Crippen LogP contribution in [0.2, 0.25) is 0 Å². The number of aromatic nitrogens is 2. The smallest absolute Gasteiger partial charge is 0.387 e. The van der Waals surface area contributed by atoms with E-state index in [4.69, 9.17) is 0 Å². The lowest BCUT2D eigenvalue weighted by Gasteiger charge is -2.17. The highest BCUT2D eigenvalue weighted by Crippen LogP contribution is 2.22. The number of hydrogen-bond donors (Lipinski definition) is 1. The number of H-pyrrole nitrogens is 1. The van der Waals surface area contributed by atoms with E-state index in [2.05, 4.69) is 14.7 Å². The number of imidazole rings is 1. The molecule has 148 valence electrons. The van der Waals surface area contributed by atoms with Gasteiger partial charge in [0.05, 0.1) is 16.8 Å². The summed E-state index contributed by atoms with van der Waals surface area (Å²) in [6.45, 7) is -2.61. The normalized spacial score (nSPS) is 11.2. The summed E-state index contributed by atoms with van der Waals surface area (Å²) in [6.07, 6.45) is 0. The van der Waals surface area contributed by atoms with Crippen LogP contribution >= 0.6 is 11.8 Å². The van der Waals surface area contributed by atoms with Crippen LogP contribution in [0.5, 0.6) is 5.75 Å². The number of carbonyl (C=O) groups is 1.